The fourth-order valence-corrected chi connectivity index (χ4v) is 14.0. The summed E-state index contributed by atoms with van der Waals surface area (Å²) in [6.07, 6.45) is 2.20. The lowest BCUT2D eigenvalue weighted by atomic mass is 9.79. The molecule has 0 unspecified atom stereocenters. The molecule has 10 bridgehead atoms. The highest BCUT2D eigenvalue weighted by atomic mass is 32.1. The van der Waals surface area contributed by atoms with Gasteiger partial charge in [0.15, 0.2) is 0 Å². The Labute approximate surface area is 518 Å². The van der Waals surface area contributed by atoms with E-state index in [4.69, 9.17) is 47.4 Å². The Morgan fingerprint density at radius 3 is 0.884 bits per heavy atom. The van der Waals surface area contributed by atoms with E-state index in [0.29, 0.717) is 60.2 Å². The summed E-state index contributed by atoms with van der Waals surface area (Å²) in [6, 6.07) is 34.7. The van der Waals surface area contributed by atoms with Gasteiger partial charge in [-0.05, 0) is 137 Å². The summed E-state index contributed by atoms with van der Waals surface area (Å²) in [4.78, 5) is 3.62. The van der Waals surface area contributed by atoms with Gasteiger partial charge in [-0.15, -0.1) is 22.7 Å². The van der Waals surface area contributed by atoms with E-state index in [1.165, 1.54) is 22.3 Å². The summed E-state index contributed by atoms with van der Waals surface area (Å²) < 4.78 is 65.8. The monoisotopic (exact) mass is 1200 g/mol. The van der Waals surface area contributed by atoms with Crippen molar-refractivity contribution in [1.82, 2.24) is 0 Å². The van der Waals surface area contributed by atoms with Crippen LogP contribution in [0.4, 0.5) is 0 Å². The van der Waals surface area contributed by atoms with Crippen LogP contribution in [0.25, 0.3) is 30.6 Å². The Hall–Kier alpha value is -7.28. The highest BCUT2D eigenvalue weighted by Crippen LogP contribution is 2.54. The summed E-state index contributed by atoms with van der Waals surface area (Å²) in [7, 11) is 10.4. The van der Waals surface area contributed by atoms with Crippen LogP contribution >= 0.6 is 22.7 Å². The lowest BCUT2D eigenvalue weighted by Gasteiger charge is -2.29. The molecule has 6 aromatic carbocycles. The second-order valence-corrected chi connectivity index (χ2v) is 28.8. The number of hydrogen-bond acceptors (Lipinski definition) is 12. The molecule has 1 aliphatic carbocycles. The molecule has 3 aliphatic rings. The molecular formula is C74H86O10S2. The second kappa shape index (κ2) is 24.5. The smallest absolute Gasteiger partial charge is 0.139 e. The number of ether oxygens (including phenoxy) is 10. The van der Waals surface area contributed by atoms with E-state index in [0.717, 1.165) is 98.1 Å². The first-order valence-electron chi connectivity index (χ1n) is 29.8. The van der Waals surface area contributed by atoms with E-state index in [1.54, 1.807) is 51.1 Å². The Balaban J connectivity index is 1.27. The molecule has 12 heteroatoms. The maximum Gasteiger partial charge on any atom is 0.139 e. The SMILES string of the molecule is COc1ccc(OC)c(-c2cc3c(s2)-c2sc(-c4cc(OC)ccc4OC)cc2OCCOc2c4cc(C(C)(C)C)cc2Cc2cc(C(C)(C)C)cc(c2OC)Cc2cc(C(C)(C)C)cc(c2OCCO3)Cc2cc(C(C)(C)C)cc(c2OC)C4)c1. The van der Waals surface area contributed by atoms with Crippen molar-refractivity contribution in [1.29, 1.82) is 0 Å². The standard InChI is InChI=1S/C74H86O10S2/c1-71(2,3)51-31-43-27-47-35-53(73(7,8)9)37-49-29-45-33-52(72(4,5)6)34-46(66(45)80-18)30-50-38-54(74(10,11)12)36-48(28-44(32-51)65(43)79-17)68(50)84-26-24-82-62-42-64(58-40-56(76-14)20-22-60(58)78-16)86-70(62)69-61(81-23-25-83-67(47)49)41-63(85-69)57-39-55(75-13)19-21-59(57)77-15/h19-22,31-42H,23-30H2,1-18H3. The van der Waals surface area contributed by atoms with Crippen molar-refractivity contribution in [2.75, 3.05) is 69.1 Å². The molecule has 86 heavy (non-hydrogen) atoms. The predicted molar refractivity (Wildman–Crippen MR) is 352 cm³/mol. The highest BCUT2D eigenvalue weighted by molar-refractivity contribution is 7.26. The van der Waals surface area contributed by atoms with Gasteiger partial charge >= 0.3 is 0 Å². The van der Waals surface area contributed by atoms with Crippen molar-refractivity contribution in [3.63, 3.8) is 0 Å². The Bertz CT molecular complexity index is 3450. The minimum absolute atomic E-state index is 0.187. The molecule has 0 spiro atoms. The normalized spacial score (nSPS) is 13.9. The quantitative estimate of drug-likeness (QED) is 0.146. The van der Waals surface area contributed by atoms with Gasteiger partial charge in [-0.25, -0.2) is 0 Å². The Morgan fingerprint density at radius 2 is 0.616 bits per heavy atom. The number of benzene rings is 6. The van der Waals surface area contributed by atoms with Crippen molar-refractivity contribution in [2.24, 2.45) is 0 Å². The van der Waals surface area contributed by atoms with Gasteiger partial charge in [0.2, 0.25) is 0 Å². The summed E-state index contributed by atoms with van der Waals surface area (Å²) in [5.41, 5.74) is 14.4. The number of methoxy groups -OCH3 is 6. The molecule has 11 rings (SSSR count). The van der Waals surface area contributed by atoms with Crippen LogP contribution < -0.4 is 47.4 Å². The van der Waals surface area contributed by atoms with E-state index >= 15 is 0 Å². The topological polar surface area (TPSA) is 92.3 Å². The summed E-state index contributed by atoms with van der Waals surface area (Å²) in [5, 5.41) is 0. The van der Waals surface area contributed by atoms with Crippen LogP contribution in [0.5, 0.6) is 57.5 Å². The average Bonchev–Trinajstić information content (AvgIpc) is 3.45. The zero-order chi connectivity index (χ0) is 61.6. The van der Waals surface area contributed by atoms with Crippen LogP contribution in [-0.4, -0.2) is 69.1 Å². The third-order valence-electron chi connectivity index (χ3n) is 16.5. The molecule has 2 aromatic heterocycles. The molecular weight excluding hydrogens is 1110 g/mol. The lowest BCUT2D eigenvalue weighted by molar-refractivity contribution is 0.214. The van der Waals surface area contributed by atoms with Gasteiger partial charge in [0.25, 0.3) is 0 Å². The van der Waals surface area contributed by atoms with Crippen LogP contribution in [-0.2, 0) is 47.3 Å². The highest BCUT2D eigenvalue weighted by Gasteiger charge is 2.31. The third kappa shape index (κ3) is 12.9. The molecule has 10 nitrogen and oxygen atoms in total. The van der Waals surface area contributed by atoms with Crippen molar-refractivity contribution in [3.8, 4) is 88.1 Å². The molecule has 4 heterocycles. The minimum atomic E-state index is -0.203. The predicted octanol–water partition coefficient (Wildman–Crippen LogP) is 18.0. The first kappa shape index (κ1) is 61.8. The molecule has 8 aromatic rings. The van der Waals surface area contributed by atoms with Crippen molar-refractivity contribution in [2.45, 2.75) is 130 Å². The van der Waals surface area contributed by atoms with Gasteiger partial charge in [-0.1, -0.05) is 132 Å². The Kier molecular flexibility index (Phi) is 17.6. The van der Waals surface area contributed by atoms with Crippen LogP contribution in [0.3, 0.4) is 0 Å². The molecule has 0 atom stereocenters. The zero-order valence-electron chi connectivity index (χ0n) is 53.8. The fourth-order valence-electron chi connectivity index (χ4n) is 11.7. The number of hydrogen-bond donors (Lipinski definition) is 0. The molecule has 454 valence electrons. The number of fused-ring (bicyclic) bond motifs is 6. The molecule has 2 aliphatic heterocycles. The van der Waals surface area contributed by atoms with E-state index in [1.807, 2.05) is 50.6 Å². The molecule has 0 fully saturated rings. The number of thiophene rings is 2. The molecule has 0 amide bonds. The molecule has 0 saturated carbocycles. The van der Waals surface area contributed by atoms with Crippen LogP contribution in [0.1, 0.15) is 150 Å². The van der Waals surface area contributed by atoms with Gasteiger partial charge in [-0.2, -0.15) is 0 Å². The van der Waals surface area contributed by atoms with Crippen molar-refractivity contribution >= 4 is 22.7 Å². The van der Waals surface area contributed by atoms with E-state index in [9.17, 15) is 0 Å². The van der Waals surface area contributed by atoms with E-state index in [2.05, 4.69) is 144 Å². The lowest BCUT2D eigenvalue weighted by Crippen LogP contribution is -2.18. The summed E-state index contributed by atoms with van der Waals surface area (Å²) in [5.74, 6) is 7.53. The number of rotatable bonds is 8. The van der Waals surface area contributed by atoms with E-state index < -0.39 is 0 Å². The summed E-state index contributed by atoms with van der Waals surface area (Å²) in [6.45, 7) is 28.4. The first-order chi connectivity index (χ1) is 40.8. The first-order valence-corrected chi connectivity index (χ1v) is 31.4. The van der Waals surface area contributed by atoms with Gasteiger partial charge in [0, 0.05) is 46.6 Å². The maximum atomic E-state index is 7.36. The van der Waals surface area contributed by atoms with Crippen molar-refractivity contribution < 1.29 is 47.4 Å². The van der Waals surface area contributed by atoms with Gasteiger partial charge in [-0.3, -0.25) is 0 Å². The van der Waals surface area contributed by atoms with Crippen LogP contribution in [0.15, 0.2) is 97.1 Å². The van der Waals surface area contributed by atoms with Crippen LogP contribution in [0, 0.1) is 0 Å². The Morgan fingerprint density at radius 1 is 0.326 bits per heavy atom. The van der Waals surface area contributed by atoms with Gasteiger partial charge in [0.1, 0.15) is 83.9 Å². The maximum absolute atomic E-state index is 7.36. The summed E-state index contributed by atoms with van der Waals surface area (Å²) >= 11 is 3.21. The van der Waals surface area contributed by atoms with Gasteiger partial charge in [0.05, 0.1) is 52.4 Å². The molecule has 0 saturated heterocycles. The molecule has 0 radical (unpaired) electrons. The van der Waals surface area contributed by atoms with Gasteiger partial charge < -0.3 is 47.4 Å². The van der Waals surface area contributed by atoms with Crippen LogP contribution in [0.2, 0.25) is 0 Å². The largest absolute Gasteiger partial charge is 0.497 e. The van der Waals surface area contributed by atoms with E-state index in [-0.39, 0.29) is 48.1 Å². The fraction of sp³-hybridized carbons (Fsp3) is 0.405. The third-order valence-corrected chi connectivity index (χ3v) is 19.0. The molecule has 0 N–H and O–H groups in total. The average molecular weight is 1200 g/mol. The van der Waals surface area contributed by atoms with Crippen molar-refractivity contribution in [3.05, 3.63) is 164 Å². The zero-order valence-corrected chi connectivity index (χ0v) is 55.4. The minimum Gasteiger partial charge on any atom is -0.497 e. The second-order valence-electron chi connectivity index (χ2n) is 26.7.